The van der Waals surface area contributed by atoms with Gasteiger partial charge in [0.1, 0.15) is 5.75 Å². The van der Waals surface area contributed by atoms with Crippen molar-refractivity contribution in [3.8, 4) is 5.75 Å². The van der Waals surface area contributed by atoms with Crippen LogP contribution in [0.25, 0.3) is 0 Å². The molecule has 0 aliphatic carbocycles. The first kappa shape index (κ1) is 15.9. The predicted octanol–water partition coefficient (Wildman–Crippen LogP) is 4.62. The zero-order chi connectivity index (χ0) is 15.5. The van der Waals surface area contributed by atoms with Crippen LogP contribution < -0.4 is 4.74 Å². The minimum atomic E-state index is -4.70. The highest BCUT2D eigenvalue weighted by Gasteiger charge is 2.30. The summed E-state index contributed by atoms with van der Waals surface area (Å²) in [7, 11) is 0. The van der Waals surface area contributed by atoms with Crippen molar-refractivity contribution in [2.45, 2.75) is 18.9 Å². The average Bonchev–Trinajstić information content (AvgIpc) is 2.40. The molecule has 1 atom stereocenters. The number of hydrogen-bond donors (Lipinski definition) is 1. The summed E-state index contributed by atoms with van der Waals surface area (Å²) in [6, 6.07) is 12.7. The Morgan fingerprint density at radius 3 is 2.24 bits per heavy atom. The number of ether oxygens (including phenoxy) is 1. The largest absolute Gasteiger partial charge is 0.573 e. The normalized spacial score (nSPS) is 13.0. The number of aliphatic hydroxyl groups is 1. The minimum Gasteiger partial charge on any atom is -0.406 e. The molecule has 112 valence electrons. The van der Waals surface area contributed by atoms with E-state index in [1.165, 1.54) is 24.3 Å². The van der Waals surface area contributed by atoms with Crippen LogP contribution in [0.1, 0.15) is 17.2 Å². The van der Waals surface area contributed by atoms with Crippen molar-refractivity contribution in [2.24, 2.45) is 0 Å². The summed E-state index contributed by atoms with van der Waals surface area (Å²) in [6.07, 6.45) is -5.14. The summed E-state index contributed by atoms with van der Waals surface area (Å²) in [5.74, 6) is -0.276. The quantitative estimate of drug-likeness (QED) is 0.861. The first-order valence-corrected chi connectivity index (χ1v) is 6.91. The van der Waals surface area contributed by atoms with Crippen molar-refractivity contribution < 1.29 is 23.0 Å². The van der Waals surface area contributed by atoms with Crippen molar-refractivity contribution >= 4 is 15.9 Å². The van der Waals surface area contributed by atoms with Crippen LogP contribution >= 0.6 is 15.9 Å². The lowest BCUT2D eigenvalue weighted by Gasteiger charge is -2.13. The molecule has 0 saturated heterocycles. The maximum Gasteiger partial charge on any atom is 0.573 e. The van der Waals surface area contributed by atoms with Crippen molar-refractivity contribution in [1.29, 1.82) is 0 Å². The van der Waals surface area contributed by atoms with Gasteiger partial charge in [0.15, 0.2) is 0 Å². The summed E-state index contributed by atoms with van der Waals surface area (Å²) in [5.41, 5.74) is 1.45. The number of benzene rings is 2. The SMILES string of the molecule is OC(Cc1ccc(OC(F)(F)F)cc1)c1ccccc1Br. The molecule has 2 aromatic carbocycles. The molecule has 2 rings (SSSR count). The molecule has 2 nitrogen and oxygen atoms in total. The molecule has 1 N–H and O–H groups in total. The van der Waals surface area contributed by atoms with E-state index in [9.17, 15) is 18.3 Å². The van der Waals surface area contributed by atoms with Gasteiger partial charge in [0.25, 0.3) is 0 Å². The lowest BCUT2D eigenvalue weighted by molar-refractivity contribution is -0.274. The molecule has 2 aromatic rings. The van der Waals surface area contributed by atoms with Crippen LogP contribution in [-0.2, 0) is 6.42 Å². The zero-order valence-electron chi connectivity index (χ0n) is 10.8. The second-order valence-corrected chi connectivity index (χ2v) is 5.29. The second-order valence-electron chi connectivity index (χ2n) is 4.43. The molecule has 0 heterocycles. The van der Waals surface area contributed by atoms with E-state index in [0.717, 1.165) is 10.0 Å². The molecule has 0 bridgehead atoms. The van der Waals surface area contributed by atoms with Crippen LogP contribution in [0, 0.1) is 0 Å². The Labute approximate surface area is 128 Å². The van der Waals surface area contributed by atoms with Crippen molar-refractivity contribution in [1.82, 2.24) is 0 Å². The Kier molecular flexibility index (Phi) is 4.90. The smallest absolute Gasteiger partial charge is 0.406 e. The minimum absolute atomic E-state index is 0.276. The molecule has 1 unspecified atom stereocenters. The predicted molar refractivity (Wildman–Crippen MR) is 75.9 cm³/mol. The monoisotopic (exact) mass is 360 g/mol. The Hall–Kier alpha value is -1.53. The van der Waals surface area contributed by atoms with Crippen LogP contribution in [0.4, 0.5) is 13.2 Å². The summed E-state index contributed by atoms with van der Waals surface area (Å²) in [4.78, 5) is 0. The summed E-state index contributed by atoms with van der Waals surface area (Å²) in [6.45, 7) is 0. The molecule has 0 aromatic heterocycles. The standard InChI is InChI=1S/C15H12BrF3O2/c16-13-4-2-1-3-12(13)14(20)9-10-5-7-11(8-6-10)21-15(17,18)19/h1-8,14,20H,9H2. The molecule has 0 radical (unpaired) electrons. The lowest BCUT2D eigenvalue weighted by Crippen LogP contribution is -2.17. The molecule has 0 amide bonds. The molecule has 0 fully saturated rings. The fourth-order valence-electron chi connectivity index (χ4n) is 1.91. The van der Waals surface area contributed by atoms with E-state index in [1.54, 1.807) is 6.07 Å². The number of alkyl halides is 3. The van der Waals surface area contributed by atoms with E-state index >= 15 is 0 Å². The molecule has 6 heteroatoms. The zero-order valence-corrected chi connectivity index (χ0v) is 12.4. The number of aliphatic hydroxyl groups excluding tert-OH is 1. The van der Waals surface area contributed by atoms with Gasteiger partial charge in [0, 0.05) is 10.9 Å². The molecule has 21 heavy (non-hydrogen) atoms. The van der Waals surface area contributed by atoms with E-state index < -0.39 is 12.5 Å². The van der Waals surface area contributed by atoms with Gasteiger partial charge in [-0.2, -0.15) is 0 Å². The van der Waals surface area contributed by atoms with Gasteiger partial charge in [0.05, 0.1) is 6.10 Å². The maximum absolute atomic E-state index is 12.1. The maximum atomic E-state index is 12.1. The topological polar surface area (TPSA) is 29.5 Å². The number of hydrogen-bond acceptors (Lipinski definition) is 2. The fourth-order valence-corrected chi connectivity index (χ4v) is 2.45. The van der Waals surface area contributed by atoms with Crippen LogP contribution in [0.3, 0.4) is 0 Å². The molecular formula is C15H12BrF3O2. The van der Waals surface area contributed by atoms with Gasteiger partial charge < -0.3 is 9.84 Å². The average molecular weight is 361 g/mol. The fraction of sp³-hybridized carbons (Fsp3) is 0.200. The van der Waals surface area contributed by atoms with Gasteiger partial charge in [-0.25, -0.2) is 0 Å². The van der Waals surface area contributed by atoms with E-state index in [-0.39, 0.29) is 5.75 Å². The van der Waals surface area contributed by atoms with Gasteiger partial charge in [-0.15, -0.1) is 13.2 Å². The van der Waals surface area contributed by atoms with E-state index in [0.29, 0.717) is 12.0 Å². The van der Waals surface area contributed by atoms with Gasteiger partial charge >= 0.3 is 6.36 Å². The van der Waals surface area contributed by atoms with Crippen molar-refractivity contribution in [3.05, 3.63) is 64.1 Å². The Balaban J connectivity index is 2.05. The molecular weight excluding hydrogens is 349 g/mol. The first-order chi connectivity index (χ1) is 9.85. The number of halogens is 4. The van der Waals surface area contributed by atoms with Gasteiger partial charge in [0.2, 0.25) is 0 Å². The van der Waals surface area contributed by atoms with Crippen LogP contribution in [0.2, 0.25) is 0 Å². The third kappa shape index (κ3) is 4.75. The molecule has 0 spiro atoms. The van der Waals surface area contributed by atoms with Gasteiger partial charge in [-0.3, -0.25) is 0 Å². The second kappa shape index (κ2) is 6.49. The lowest BCUT2D eigenvalue weighted by atomic mass is 10.0. The van der Waals surface area contributed by atoms with Crippen LogP contribution in [0.5, 0.6) is 5.75 Å². The van der Waals surface area contributed by atoms with Crippen molar-refractivity contribution in [2.75, 3.05) is 0 Å². The van der Waals surface area contributed by atoms with E-state index in [1.807, 2.05) is 18.2 Å². The van der Waals surface area contributed by atoms with Crippen molar-refractivity contribution in [3.63, 3.8) is 0 Å². The Morgan fingerprint density at radius 1 is 1.05 bits per heavy atom. The van der Waals surface area contributed by atoms with Gasteiger partial charge in [-0.05, 0) is 29.3 Å². The molecule has 0 aliphatic rings. The third-order valence-corrected chi connectivity index (χ3v) is 3.57. The number of rotatable bonds is 4. The van der Waals surface area contributed by atoms with Crippen LogP contribution in [-0.4, -0.2) is 11.5 Å². The summed E-state index contributed by atoms with van der Waals surface area (Å²) in [5, 5.41) is 10.2. The Bertz CT molecular complexity index is 597. The summed E-state index contributed by atoms with van der Waals surface area (Å²) >= 11 is 3.35. The first-order valence-electron chi connectivity index (χ1n) is 6.12. The van der Waals surface area contributed by atoms with E-state index in [2.05, 4.69) is 20.7 Å². The van der Waals surface area contributed by atoms with Gasteiger partial charge in [-0.1, -0.05) is 46.3 Å². The van der Waals surface area contributed by atoms with Crippen LogP contribution in [0.15, 0.2) is 53.0 Å². The highest BCUT2D eigenvalue weighted by molar-refractivity contribution is 9.10. The third-order valence-electron chi connectivity index (χ3n) is 2.85. The Morgan fingerprint density at radius 2 is 1.67 bits per heavy atom. The van der Waals surface area contributed by atoms with E-state index in [4.69, 9.17) is 0 Å². The highest BCUT2D eigenvalue weighted by Crippen LogP contribution is 2.27. The highest BCUT2D eigenvalue weighted by atomic mass is 79.9. The molecule has 0 aliphatic heterocycles. The molecule has 0 saturated carbocycles. The summed E-state index contributed by atoms with van der Waals surface area (Å²) < 4.78 is 40.7.